The molecule has 3 aliphatic rings. The van der Waals surface area contributed by atoms with E-state index in [-0.39, 0.29) is 17.6 Å². The minimum absolute atomic E-state index is 0.00110. The van der Waals surface area contributed by atoms with Gasteiger partial charge in [-0.25, -0.2) is 4.39 Å². The molecule has 1 aromatic carbocycles. The van der Waals surface area contributed by atoms with E-state index < -0.39 is 11.0 Å². The van der Waals surface area contributed by atoms with Gasteiger partial charge >= 0.3 is 0 Å². The Morgan fingerprint density at radius 3 is 2.29 bits per heavy atom. The van der Waals surface area contributed by atoms with Crippen molar-refractivity contribution in [2.24, 2.45) is 5.41 Å². The summed E-state index contributed by atoms with van der Waals surface area (Å²) < 4.78 is 13.0. The van der Waals surface area contributed by atoms with Crippen LogP contribution in [0.1, 0.15) is 12.0 Å². The Hall–Kier alpha value is -1.95. The SMILES string of the molecule is O=C1NCC12CN(Cc1ccc(F)cc1)C1(CNC1=O)C2. The molecular weight excluding hydrogens is 273 g/mol. The fourth-order valence-corrected chi connectivity index (χ4v) is 3.71. The average Bonchev–Trinajstić information content (AvgIpc) is 2.86. The Morgan fingerprint density at radius 2 is 1.81 bits per heavy atom. The molecule has 110 valence electrons. The smallest absolute Gasteiger partial charge is 0.242 e. The van der Waals surface area contributed by atoms with Gasteiger partial charge in [0.2, 0.25) is 11.8 Å². The summed E-state index contributed by atoms with van der Waals surface area (Å²) in [6.45, 7) is 2.37. The number of benzene rings is 1. The zero-order chi connectivity index (χ0) is 14.7. The molecule has 2 N–H and O–H groups in total. The molecule has 0 aromatic heterocycles. The van der Waals surface area contributed by atoms with E-state index in [0.717, 1.165) is 5.56 Å². The molecule has 0 bridgehead atoms. The van der Waals surface area contributed by atoms with Crippen LogP contribution in [0.3, 0.4) is 0 Å². The molecule has 0 radical (unpaired) electrons. The summed E-state index contributed by atoms with van der Waals surface area (Å²) >= 11 is 0. The molecule has 4 rings (SSSR count). The van der Waals surface area contributed by atoms with Gasteiger partial charge in [0, 0.05) is 26.2 Å². The Labute approximate surface area is 121 Å². The molecule has 21 heavy (non-hydrogen) atoms. The molecule has 2 spiro atoms. The van der Waals surface area contributed by atoms with Gasteiger partial charge in [0.1, 0.15) is 11.4 Å². The van der Waals surface area contributed by atoms with Crippen molar-refractivity contribution in [2.45, 2.75) is 18.5 Å². The predicted octanol–water partition coefficient (Wildman–Crippen LogP) is 0.0162. The number of carbonyl (C=O) groups is 2. The van der Waals surface area contributed by atoms with Gasteiger partial charge in [-0.2, -0.15) is 0 Å². The molecule has 0 saturated carbocycles. The third-order valence-electron chi connectivity index (χ3n) is 5.05. The molecule has 6 heteroatoms. The Kier molecular flexibility index (Phi) is 2.45. The molecule has 2 unspecified atom stereocenters. The van der Waals surface area contributed by atoms with Crippen molar-refractivity contribution in [3.8, 4) is 0 Å². The van der Waals surface area contributed by atoms with Crippen molar-refractivity contribution in [2.75, 3.05) is 19.6 Å². The second-order valence-electron chi connectivity index (χ2n) is 6.34. The van der Waals surface area contributed by atoms with E-state index >= 15 is 0 Å². The molecular formula is C15H16FN3O2. The van der Waals surface area contributed by atoms with Crippen LogP contribution in [-0.4, -0.2) is 41.9 Å². The van der Waals surface area contributed by atoms with Gasteiger partial charge in [-0.15, -0.1) is 0 Å². The van der Waals surface area contributed by atoms with Crippen molar-refractivity contribution in [1.82, 2.24) is 15.5 Å². The largest absolute Gasteiger partial charge is 0.354 e. The maximum Gasteiger partial charge on any atom is 0.242 e. The lowest BCUT2D eigenvalue weighted by atomic mass is 9.73. The number of hydrogen-bond donors (Lipinski definition) is 2. The number of hydrogen-bond acceptors (Lipinski definition) is 3. The number of nitrogens with one attached hydrogen (secondary N) is 2. The van der Waals surface area contributed by atoms with Crippen LogP contribution in [0.5, 0.6) is 0 Å². The summed E-state index contributed by atoms with van der Waals surface area (Å²) in [7, 11) is 0. The van der Waals surface area contributed by atoms with Gasteiger partial charge in [0.05, 0.1) is 5.41 Å². The van der Waals surface area contributed by atoms with Crippen molar-refractivity contribution in [3.63, 3.8) is 0 Å². The molecule has 1 aromatic rings. The van der Waals surface area contributed by atoms with E-state index in [0.29, 0.717) is 32.6 Å². The minimum Gasteiger partial charge on any atom is -0.354 e. The summed E-state index contributed by atoms with van der Waals surface area (Å²) in [6, 6.07) is 6.30. The van der Waals surface area contributed by atoms with Crippen molar-refractivity contribution in [1.29, 1.82) is 0 Å². The lowest BCUT2D eigenvalue weighted by molar-refractivity contribution is -0.142. The van der Waals surface area contributed by atoms with E-state index in [2.05, 4.69) is 15.5 Å². The summed E-state index contributed by atoms with van der Waals surface area (Å²) in [5.74, 6) is -0.226. The maximum atomic E-state index is 13.0. The number of halogens is 1. The molecule has 3 saturated heterocycles. The average molecular weight is 289 g/mol. The van der Waals surface area contributed by atoms with Crippen LogP contribution in [0.2, 0.25) is 0 Å². The van der Waals surface area contributed by atoms with Gasteiger partial charge in [-0.1, -0.05) is 12.1 Å². The Balaban J connectivity index is 1.61. The van der Waals surface area contributed by atoms with Crippen LogP contribution in [-0.2, 0) is 16.1 Å². The van der Waals surface area contributed by atoms with E-state index in [1.54, 1.807) is 12.1 Å². The second kappa shape index (κ2) is 4.04. The molecule has 3 aliphatic heterocycles. The molecule has 3 fully saturated rings. The monoisotopic (exact) mass is 289 g/mol. The molecule has 5 nitrogen and oxygen atoms in total. The molecule has 3 heterocycles. The third kappa shape index (κ3) is 1.65. The fourth-order valence-electron chi connectivity index (χ4n) is 3.71. The van der Waals surface area contributed by atoms with Gasteiger partial charge < -0.3 is 10.6 Å². The first-order chi connectivity index (χ1) is 10.0. The normalized spacial score (nSPS) is 34.5. The topological polar surface area (TPSA) is 61.4 Å². The van der Waals surface area contributed by atoms with Crippen LogP contribution in [0, 0.1) is 11.2 Å². The number of amides is 2. The highest BCUT2D eigenvalue weighted by atomic mass is 19.1. The standard InChI is InChI=1S/C15H16FN3O2/c16-11-3-1-10(2-4-11)5-19-9-14(7-17-12(14)20)6-15(19)8-18-13(15)21/h1-4H,5-9H2,(H,17,20)(H,18,21). The fraction of sp³-hybridized carbons (Fsp3) is 0.467. The lowest BCUT2D eigenvalue weighted by Gasteiger charge is -2.44. The Morgan fingerprint density at radius 1 is 1.10 bits per heavy atom. The molecule has 2 amide bonds. The zero-order valence-electron chi connectivity index (χ0n) is 11.5. The summed E-state index contributed by atoms with van der Waals surface area (Å²) in [4.78, 5) is 26.1. The first-order valence-corrected chi connectivity index (χ1v) is 7.10. The lowest BCUT2D eigenvalue weighted by Crippen LogP contribution is -2.70. The summed E-state index contributed by atoms with van der Waals surface area (Å²) in [5, 5.41) is 5.58. The van der Waals surface area contributed by atoms with E-state index in [1.807, 2.05) is 0 Å². The van der Waals surface area contributed by atoms with Gasteiger partial charge in [-0.3, -0.25) is 14.5 Å². The van der Waals surface area contributed by atoms with Crippen LogP contribution in [0.4, 0.5) is 4.39 Å². The highest BCUT2D eigenvalue weighted by molar-refractivity contribution is 5.97. The number of likely N-dealkylation sites (tertiary alicyclic amines) is 1. The van der Waals surface area contributed by atoms with E-state index in [9.17, 15) is 14.0 Å². The van der Waals surface area contributed by atoms with Gasteiger partial charge in [0.15, 0.2) is 0 Å². The summed E-state index contributed by atoms with van der Waals surface area (Å²) in [6.07, 6.45) is 0.582. The first-order valence-electron chi connectivity index (χ1n) is 7.10. The zero-order valence-corrected chi connectivity index (χ0v) is 11.5. The summed E-state index contributed by atoms with van der Waals surface area (Å²) in [5.41, 5.74) is -0.0310. The quantitative estimate of drug-likeness (QED) is 0.754. The van der Waals surface area contributed by atoms with Crippen molar-refractivity contribution >= 4 is 11.8 Å². The van der Waals surface area contributed by atoms with E-state index in [4.69, 9.17) is 0 Å². The third-order valence-corrected chi connectivity index (χ3v) is 5.05. The van der Waals surface area contributed by atoms with Gasteiger partial charge in [-0.05, 0) is 24.1 Å². The van der Waals surface area contributed by atoms with Gasteiger partial charge in [0.25, 0.3) is 0 Å². The van der Waals surface area contributed by atoms with Crippen LogP contribution in [0.15, 0.2) is 24.3 Å². The van der Waals surface area contributed by atoms with E-state index in [1.165, 1.54) is 12.1 Å². The molecule has 0 aliphatic carbocycles. The highest BCUT2D eigenvalue weighted by Gasteiger charge is 2.66. The van der Waals surface area contributed by atoms with Crippen LogP contribution >= 0.6 is 0 Å². The Bertz CT molecular complexity index is 632. The number of rotatable bonds is 2. The predicted molar refractivity (Wildman–Crippen MR) is 72.6 cm³/mol. The maximum absolute atomic E-state index is 13.0. The number of nitrogens with zero attached hydrogens (tertiary/aromatic N) is 1. The number of carbonyl (C=O) groups excluding carboxylic acids is 2. The number of β-lactam (4-membered cyclic amide) rings is 2. The van der Waals surface area contributed by atoms with Crippen molar-refractivity contribution < 1.29 is 14.0 Å². The highest BCUT2D eigenvalue weighted by Crippen LogP contribution is 2.47. The second-order valence-corrected chi connectivity index (χ2v) is 6.34. The van der Waals surface area contributed by atoms with Crippen LogP contribution in [0.25, 0.3) is 0 Å². The van der Waals surface area contributed by atoms with Crippen LogP contribution < -0.4 is 10.6 Å². The molecule has 2 atom stereocenters. The van der Waals surface area contributed by atoms with Crippen molar-refractivity contribution in [3.05, 3.63) is 35.6 Å². The first kappa shape index (κ1) is 12.8. The minimum atomic E-state index is -0.563.